The summed E-state index contributed by atoms with van der Waals surface area (Å²) in [7, 11) is 0. The number of ketones is 1. The molecule has 0 saturated heterocycles. The second kappa shape index (κ2) is 7.40. The van der Waals surface area contributed by atoms with Crippen LogP contribution < -0.4 is 0 Å². The van der Waals surface area contributed by atoms with E-state index in [1.807, 2.05) is 37.3 Å². The van der Waals surface area contributed by atoms with Gasteiger partial charge in [0.25, 0.3) is 0 Å². The first-order valence-corrected chi connectivity index (χ1v) is 9.83. The number of benzene rings is 3. The van der Waals surface area contributed by atoms with Crippen LogP contribution in [0.3, 0.4) is 0 Å². The fourth-order valence-electron chi connectivity index (χ4n) is 4.07. The van der Waals surface area contributed by atoms with Crippen molar-refractivity contribution in [3.05, 3.63) is 83.0 Å². The summed E-state index contributed by atoms with van der Waals surface area (Å²) in [5, 5.41) is 3.22. The molecule has 4 rings (SSSR count). The molecule has 0 fully saturated rings. The van der Waals surface area contributed by atoms with Crippen LogP contribution in [0.4, 0.5) is 0 Å². The summed E-state index contributed by atoms with van der Waals surface area (Å²) in [6, 6.07) is 20.4. The number of hydrogen-bond donors (Lipinski definition) is 1. The lowest BCUT2D eigenvalue weighted by Crippen LogP contribution is -2.04. The molecule has 4 aromatic rings. The quantitative estimate of drug-likeness (QED) is 0.307. The molecular weight excluding hydrogens is 330 g/mol. The van der Waals surface area contributed by atoms with Gasteiger partial charge in [-0.1, -0.05) is 74.4 Å². The van der Waals surface area contributed by atoms with Crippen LogP contribution in [-0.4, -0.2) is 10.8 Å². The van der Waals surface area contributed by atoms with Crippen molar-refractivity contribution in [3.63, 3.8) is 0 Å². The monoisotopic (exact) mass is 355 g/mol. The van der Waals surface area contributed by atoms with Gasteiger partial charge in [0.05, 0.1) is 5.56 Å². The Morgan fingerprint density at radius 3 is 2.56 bits per heavy atom. The largest absolute Gasteiger partial charge is 0.358 e. The number of H-pyrrole nitrogens is 1. The Morgan fingerprint density at radius 1 is 0.926 bits per heavy atom. The van der Waals surface area contributed by atoms with Crippen LogP contribution in [0.2, 0.25) is 0 Å². The SMILES string of the molecule is CCCCCc1cccc2[nH]c(C)c(C(=O)c3cccc4ccccc34)c12. The smallest absolute Gasteiger partial charge is 0.196 e. The van der Waals surface area contributed by atoms with Gasteiger partial charge in [-0.05, 0) is 42.2 Å². The zero-order valence-electron chi connectivity index (χ0n) is 16.0. The maximum atomic E-state index is 13.6. The van der Waals surface area contributed by atoms with E-state index in [1.54, 1.807) is 0 Å². The summed E-state index contributed by atoms with van der Waals surface area (Å²) in [6.07, 6.45) is 4.58. The normalized spacial score (nSPS) is 11.3. The van der Waals surface area contributed by atoms with Gasteiger partial charge >= 0.3 is 0 Å². The van der Waals surface area contributed by atoms with Crippen molar-refractivity contribution in [1.29, 1.82) is 0 Å². The minimum atomic E-state index is 0.110. The molecule has 0 atom stereocenters. The van der Waals surface area contributed by atoms with Gasteiger partial charge < -0.3 is 4.98 Å². The molecule has 1 heterocycles. The molecule has 0 aliphatic carbocycles. The van der Waals surface area contributed by atoms with Crippen LogP contribution in [0.5, 0.6) is 0 Å². The molecule has 0 radical (unpaired) electrons. The Labute approximate surface area is 160 Å². The highest BCUT2D eigenvalue weighted by Gasteiger charge is 2.21. The number of hydrogen-bond acceptors (Lipinski definition) is 1. The van der Waals surface area contributed by atoms with E-state index < -0.39 is 0 Å². The molecule has 3 aromatic carbocycles. The average molecular weight is 355 g/mol. The molecule has 0 aliphatic rings. The van der Waals surface area contributed by atoms with E-state index in [0.717, 1.165) is 51.3 Å². The van der Waals surface area contributed by atoms with Crippen LogP contribution in [-0.2, 0) is 6.42 Å². The van der Waals surface area contributed by atoms with E-state index in [2.05, 4.69) is 42.2 Å². The van der Waals surface area contributed by atoms with E-state index in [0.29, 0.717) is 0 Å². The van der Waals surface area contributed by atoms with Gasteiger partial charge in [-0.15, -0.1) is 0 Å². The van der Waals surface area contributed by atoms with Crippen LogP contribution in [0.15, 0.2) is 60.7 Å². The van der Waals surface area contributed by atoms with Crippen LogP contribution in [0.1, 0.15) is 53.4 Å². The molecule has 2 nitrogen and oxygen atoms in total. The zero-order valence-corrected chi connectivity index (χ0v) is 16.0. The average Bonchev–Trinajstić information content (AvgIpc) is 3.04. The van der Waals surface area contributed by atoms with Crippen molar-refractivity contribution >= 4 is 27.5 Å². The van der Waals surface area contributed by atoms with E-state index in [4.69, 9.17) is 0 Å². The molecule has 27 heavy (non-hydrogen) atoms. The van der Waals surface area contributed by atoms with Gasteiger partial charge in [0.15, 0.2) is 5.78 Å². The Bertz CT molecular complexity index is 1110. The number of aromatic nitrogens is 1. The summed E-state index contributed by atoms with van der Waals surface area (Å²) >= 11 is 0. The predicted octanol–water partition coefficient (Wildman–Crippen LogP) is 6.59. The molecular formula is C25H25NO. The number of fused-ring (bicyclic) bond motifs is 2. The van der Waals surface area contributed by atoms with E-state index in [1.165, 1.54) is 18.4 Å². The number of carbonyl (C=O) groups is 1. The number of rotatable bonds is 6. The van der Waals surface area contributed by atoms with E-state index in [9.17, 15) is 4.79 Å². The van der Waals surface area contributed by atoms with Crippen molar-refractivity contribution in [3.8, 4) is 0 Å². The number of aromatic amines is 1. The maximum Gasteiger partial charge on any atom is 0.196 e. The maximum absolute atomic E-state index is 13.6. The lowest BCUT2D eigenvalue weighted by atomic mass is 9.93. The summed E-state index contributed by atoms with van der Waals surface area (Å²) in [5.41, 5.74) is 4.89. The minimum Gasteiger partial charge on any atom is -0.358 e. The van der Waals surface area contributed by atoms with Crippen molar-refractivity contribution in [2.45, 2.75) is 39.5 Å². The van der Waals surface area contributed by atoms with Gasteiger partial charge in [-0.25, -0.2) is 0 Å². The summed E-state index contributed by atoms with van der Waals surface area (Å²) < 4.78 is 0. The van der Waals surface area contributed by atoms with Gasteiger partial charge in [-0.3, -0.25) is 4.79 Å². The topological polar surface area (TPSA) is 32.9 Å². The zero-order chi connectivity index (χ0) is 18.8. The second-order valence-electron chi connectivity index (χ2n) is 7.28. The summed E-state index contributed by atoms with van der Waals surface area (Å²) in [6.45, 7) is 4.23. The number of aryl methyl sites for hydroxylation is 2. The first kappa shape index (κ1) is 17.5. The Balaban J connectivity index is 1.87. The number of unbranched alkanes of at least 4 members (excludes halogenated alkanes) is 2. The third-order valence-corrected chi connectivity index (χ3v) is 5.41. The molecule has 0 aliphatic heterocycles. The van der Waals surface area contributed by atoms with Crippen LogP contribution in [0, 0.1) is 6.92 Å². The van der Waals surface area contributed by atoms with Crippen molar-refractivity contribution in [2.75, 3.05) is 0 Å². The van der Waals surface area contributed by atoms with Crippen LogP contribution in [0.25, 0.3) is 21.7 Å². The molecule has 2 heteroatoms. The van der Waals surface area contributed by atoms with Crippen molar-refractivity contribution in [2.24, 2.45) is 0 Å². The fourth-order valence-corrected chi connectivity index (χ4v) is 4.07. The lowest BCUT2D eigenvalue weighted by molar-refractivity contribution is 0.104. The lowest BCUT2D eigenvalue weighted by Gasteiger charge is -2.09. The molecule has 0 unspecified atom stereocenters. The van der Waals surface area contributed by atoms with Gasteiger partial charge in [0.2, 0.25) is 0 Å². The van der Waals surface area contributed by atoms with Gasteiger partial charge in [0.1, 0.15) is 0 Å². The molecule has 136 valence electrons. The molecule has 0 saturated carbocycles. The fraction of sp³-hybridized carbons (Fsp3) is 0.240. The summed E-state index contributed by atoms with van der Waals surface area (Å²) in [5.74, 6) is 0.110. The molecule has 0 bridgehead atoms. The van der Waals surface area contributed by atoms with E-state index >= 15 is 0 Å². The Morgan fingerprint density at radius 2 is 1.70 bits per heavy atom. The highest BCUT2D eigenvalue weighted by atomic mass is 16.1. The first-order chi connectivity index (χ1) is 13.2. The molecule has 1 N–H and O–H groups in total. The standard InChI is InChI=1S/C25H25NO/c1-3-4-5-11-19-13-9-16-22-24(19)23(17(2)26-22)25(27)21-15-8-12-18-10-6-7-14-20(18)21/h6-10,12-16,26H,3-5,11H2,1-2H3. The number of nitrogens with one attached hydrogen (secondary N) is 1. The first-order valence-electron chi connectivity index (χ1n) is 9.83. The Kier molecular flexibility index (Phi) is 4.81. The van der Waals surface area contributed by atoms with Crippen LogP contribution >= 0.6 is 0 Å². The molecule has 1 aromatic heterocycles. The van der Waals surface area contributed by atoms with Crippen molar-refractivity contribution < 1.29 is 4.79 Å². The third-order valence-electron chi connectivity index (χ3n) is 5.41. The summed E-state index contributed by atoms with van der Waals surface area (Å²) in [4.78, 5) is 17.1. The van der Waals surface area contributed by atoms with Gasteiger partial charge in [0, 0.05) is 22.2 Å². The number of carbonyl (C=O) groups excluding carboxylic acids is 1. The highest BCUT2D eigenvalue weighted by Crippen LogP contribution is 2.31. The predicted molar refractivity (Wildman–Crippen MR) is 114 cm³/mol. The molecule has 0 spiro atoms. The van der Waals surface area contributed by atoms with Gasteiger partial charge in [-0.2, -0.15) is 0 Å². The highest BCUT2D eigenvalue weighted by molar-refractivity contribution is 6.22. The van der Waals surface area contributed by atoms with E-state index in [-0.39, 0.29) is 5.78 Å². The second-order valence-corrected chi connectivity index (χ2v) is 7.28. The molecule has 0 amide bonds. The van der Waals surface area contributed by atoms with Crippen molar-refractivity contribution in [1.82, 2.24) is 4.98 Å². The Hall–Kier alpha value is -2.87. The third kappa shape index (κ3) is 3.16. The minimum absolute atomic E-state index is 0.110.